The van der Waals surface area contributed by atoms with Crippen molar-refractivity contribution in [3.05, 3.63) is 83.4 Å². The van der Waals surface area contributed by atoms with Crippen LogP contribution in [0, 0.1) is 0 Å². The maximum atomic E-state index is 13.0. The van der Waals surface area contributed by atoms with Gasteiger partial charge in [-0.25, -0.2) is 13.2 Å². The lowest BCUT2D eigenvalue weighted by atomic mass is 10.2. The zero-order chi connectivity index (χ0) is 24.9. The fourth-order valence-corrected chi connectivity index (χ4v) is 4.54. The van der Waals surface area contributed by atoms with E-state index in [9.17, 15) is 18.0 Å². The number of anilines is 2. The molecule has 0 unspecified atom stereocenters. The average Bonchev–Trinajstić information content (AvgIpc) is 2.81. The number of rotatable bonds is 8. The monoisotopic (exact) mass is 502 g/mol. The summed E-state index contributed by atoms with van der Waals surface area (Å²) in [5.41, 5.74) is 0.616. The molecule has 0 aliphatic carbocycles. The Kier molecular flexibility index (Phi) is 7.80. The lowest BCUT2D eigenvalue weighted by Crippen LogP contribution is -2.45. The number of amides is 1. The van der Waals surface area contributed by atoms with Gasteiger partial charge in [0.2, 0.25) is 15.9 Å². The van der Waals surface area contributed by atoms with E-state index in [1.807, 2.05) is 18.2 Å². The summed E-state index contributed by atoms with van der Waals surface area (Å²) < 4.78 is 36.6. The summed E-state index contributed by atoms with van der Waals surface area (Å²) in [6.45, 7) is 1.45. The largest absolute Gasteiger partial charge is 0.465 e. The number of ether oxygens (including phenoxy) is 2. The molecule has 0 bridgehead atoms. The van der Waals surface area contributed by atoms with Gasteiger partial charge in [-0.1, -0.05) is 29.8 Å². The third kappa shape index (κ3) is 6.06. The average molecular weight is 503 g/mol. The number of hydrogen-bond donors (Lipinski definition) is 1. The maximum absolute atomic E-state index is 13.0. The van der Waals surface area contributed by atoms with E-state index >= 15 is 0 Å². The summed E-state index contributed by atoms with van der Waals surface area (Å²) >= 11 is 6.15. The Balaban J connectivity index is 1.83. The van der Waals surface area contributed by atoms with Gasteiger partial charge in [0.25, 0.3) is 0 Å². The van der Waals surface area contributed by atoms with E-state index in [0.29, 0.717) is 11.5 Å². The zero-order valence-electron chi connectivity index (χ0n) is 18.7. The molecule has 178 valence electrons. The Morgan fingerprint density at radius 3 is 2.18 bits per heavy atom. The molecule has 0 fully saturated rings. The molecule has 0 heterocycles. The van der Waals surface area contributed by atoms with Gasteiger partial charge in [0, 0.05) is 0 Å². The number of halogens is 1. The molecule has 0 aliphatic heterocycles. The predicted molar refractivity (Wildman–Crippen MR) is 131 cm³/mol. The number of carbonyl (C=O) groups excluding carboxylic acids is 2. The Labute approximate surface area is 203 Å². The molecule has 1 atom stereocenters. The summed E-state index contributed by atoms with van der Waals surface area (Å²) in [4.78, 5) is 24.8. The second-order valence-corrected chi connectivity index (χ2v) is 9.59. The molecule has 3 aromatic carbocycles. The number of hydrogen-bond acceptors (Lipinski definition) is 6. The quantitative estimate of drug-likeness (QED) is 0.447. The van der Waals surface area contributed by atoms with E-state index in [1.54, 1.807) is 36.4 Å². The van der Waals surface area contributed by atoms with Gasteiger partial charge in [-0.15, -0.1) is 0 Å². The summed E-state index contributed by atoms with van der Waals surface area (Å²) in [6.07, 6.45) is 1.01. The molecular weight excluding hydrogens is 480 g/mol. The molecule has 0 aliphatic rings. The topological polar surface area (TPSA) is 102 Å². The Bertz CT molecular complexity index is 1280. The van der Waals surface area contributed by atoms with Crippen LogP contribution >= 0.6 is 11.6 Å². The van der Waals surface area contributed by atoms with Gasteiger partial charge in [-0.3, -0.25) is 9.10 Å². The van der Waals surface area contributed by atoms with Crippen LogP contribution < -0.4 is 14.4 Å². The number of nitrogens with one attached hydrogen (secondary N) is 1. The van der Waals surface area contributed by atoms with Crippen molar-refractivity contribution in [3.8, 4) is 11.5 Å². The van der Waals surface area contributed by atoms with E-state index in [0.717, 1.165) is 10.6 Å². The fraction of sp³-hybridized carbons (Fsp3) is 0.167. The van der Waals surface area contributed by atoms with Gasteiger partial charge < -0.3 is 14.8 Å². The Hall–Kier alpha value is -3.56. The van der Waals surface area contributed by atoms with Crippen molar-refractivity contribution in [2.75, 3.05) is 23.0 Å². The highest BCUT2D eigenvalue weighted by atomic mass is 35.5. The number of benzene rings is 3. The van der Waals surface area contributed by atoms with Crippen molar-refractivity contribution < 1.29 is 27.5 Å². The van der Waals surface area contributed by atoms with Crippen LogP contribution in [0.3, 0.4) is 0 Å². The SMILES string of the molecule is COC(=O)c1ccc(Cl)c(NC(=O)[C@@H](C)N(c2ccc(Oc3ccccc3)cc2)S(C)(=O)=O)c1. The van der Waals surface area contributed by atoms with Crippen LogP contribution in [0.4, 0.5) is 11.4 Å². The van der Waals surface area contributed by atoms with E-state index < -0.39 is 27.9 Å². The van der Waals surface area contributed by atoms with Crippen molar-refractivity contribution in [1.29, 1.82) is 0 Å². The normalized spacial score (nSPS) is 11.9. The number of sulfonamides is 1. The molecule has 1 N–H and O–H groups in total. The Morgan fingerprint density at radius 2 is 1.59 bits per heavy atom. The summed E-state index contributed by atoms with van der Waals surface area (Å²) in [5.74, 6) is -0.101. The van der Waals surface area contributed by atoms with Gasteiger partial charge >= 0.3 is 5.97 Å². The molecule has 3 aromatic rings. The van der Waals surface area contributed by atoms with Crippen molar-refractivity contribution in [1.82, 2.24) is 0 Å². The van der Waals surface area contributed by atoms with Crippen molar-refractivity contribution in [2.24, 2.45) is 0 Å². The minimum absolute atomic E-state index is 0.154. The smallest absolute Gasteiger partial charge is 0.337 e. The standard InChI is InChI=1S/C24H23ClN2O6S/c1-16(23(28)26-22-15-17(24(29)32-2)9-14-21(22)25)27(34(3,30)31)18-10-12-20(13-11-18)33-19-7-5-4-6-8-19/h4-16H,1-3H3,(H,26,28)/t16-/m1/s1. The van der Waals surface area contributed by atoms with Crippen LogP contribution in [0.25, 0.3) is 0 Å². The summed E-state index contributed by atoms with van der Waals surface area (Å²) in [7, 11) is -2.60. The van der Waals surface area contributed by atoms with Crippen LogP contribution in [-0.4, -0.2) is 39.7 Å². The lowest BCUT2D eigenvalue weighted by molar-refractivity contribution is -0.116. The fourth-order valence-electron chi connectivity index (χ4n) is 3.20. The molecule has 1 amide bonds. The molecule has 34 heavy (non-hydrogen) atoms. The van der Waals surface area contributed by atoms with Gasteiger partial charge in [0.1, 0.15) is 17.5 Å². The van der Waals surface area contributed by atoms with Crippen molar-refractivity contribution in [2.45, 2.75) is 13.0 Å². The first kappa shape index (κ1) is 25.1. The molecular formula is C24H23ClN2O6S. The minimum atomic E-state index is -3.84. The molecule has 0 aromatic heterocycles. The van der Waals surface area contributed by atoms with E-state index in [2.05, 4.69) is 10.1 Å². The highest BCUT2D eigenvalue weighted by Gasteiger charge is 2.29. The first-order chi connectivity index (χ1) is 16.1. The minimum Gasteiger partial charge on any atom is -0.465 e. The second-order valence-electron chi connectivity index (χ2n) is 7.32. The van der Waals surface area contributed by atoms with Gasteiger partial charge in [0.05, 0.1) is 35.3 Å². The van der Waals surface area contributed by atoms with E-state index in [1.165, 1.54) is 32.2 Å². The lowest BCUT2D eigenvalue weighted by Gasteiger charge is -2.28. The molecule has 0 saturated carbocycles. The number of methoxy groups -OCH3 is 1. The third-order valence-electron chi connectivity index (χ3n) is 4.80. The van der Waals surface area contributed by atoms with E-state index in [-0.39, 0.29) is 22.0 Å². The Morgan fingerprint density at radius 1 is 0.971 bits per heavy atom. The van der Waals surface area contributed by atoms with Gasteiger partial charge in [-0.2, -0.15) is 0 Å². The molecule has 8 nitrogen and oxygen atoms in total. The number of esters is 1. The van der Waals surface area contributed by atoms with Crippen LogP contribution in [-0.2, 0) is 19.6 Å². The third-order valence-corrected chi connectivity index (χ3v) is 6.38. The molecule has 0 spiro atoms. The van der Waals surface area contributed by atoms with Crippen LogP contribution in [0.5, 0.6) is 11.5 Å². The summed E-state index contributed by atoms with van der Waals surface area (Å²) in [5, 5.41) is 2.77. The van der Waals surface area contributed by atoms with Crippen molar-refractivity contribution in [3.63, 3.8) is 0 Å². The first-order valence-electron chi connectivity index (χ1n) is 10.1. The molecule has 3 rings (SSSR count). The molecule has 0 radical (unpaired) electrons. The highest BCUT2D eigenvalue weighted by molar-refractivity contribution is 7.92. The number of nitrogens with zero attached hydrogens (tertiary/aromatic N) is 1. The zero-order valence-corrected chi connectivity index (χ0v) is 20.3. The maximum Gasteiger partial charge on any atom is 0.337 e. The first-order valence-corrected chi connectivity index (χ1v) is 12.3. The van der Waals surface area contributed by atoms with Crippen molar-refractivity contribution >= 4 is 44.9 Å². The number of carbonyl (C=O) groups is 2. The molecule has 10 heteroatoms. The molecule has 0 saturated heterocycles. The van der Waals surface area contributed by atoms with Crippen LogP contribution in [0.1, 0.15) is 17.3 Å². The van der Waals surface area contributed by atoms with Crippen LogP contribution in [0.2, 0.25) is 5.02 Å². The van der Waals surface area contributed by atoms with E-state index in [4.69, 9.17) is 16.3 Å². The van der Waals surface area contributed by atoms with Crippen LogP contribution in [0.15, 0.2) is 72.8 Å². The number of para-hydroxylation sites is 1. The summed E-state index contributed by atoms with van der Waals surface area (Å²) in [6, 6.07) is 18.6. The predicted octanol–water partition coefficient (Wildman–Crippen LogP) is 4.71. The second kappa shape index (κ2) is 10.6. The highest BCUT2D eigenvalue weighted by Crippen LogP contribution is 2.28. The van der Waals surface area contributed by atoms with Gasteiger partial charge in [-0.05, 0) is 61.5 Å². The van der Waals surface area contributed by atoms with Gasteiger partial charge in [0.15, 0.2) is 0 Å².